The van der Waals surface area contributed by atoms with Crippen LogP contribution >= 0.6 is 7.82 Å². The Labute approximate surface area is 493 Å². The molecule has 0 radical (unpaired) electrons. The van der Waals surface area contributed by atoms with Gasteiger partial charge in [-0.2, -0.15) is 0 Å². The summed E-state index contributed by atoms with van der Waals surface area (Å²) in [5, 5.41) is 13.9. The summed E-state index contributed by atoms with van der Waals surface area (Å²) in [6.45, 7) is 4.68. The van der Waals surface area contributed by atoms with Crippen LogP contribution in [0.25, 0.3) is 0 Å². The van der Waals surface area contributed by atoms with Crippen LogP contribution in [0.15, 0.2) is 146 Å². The fourth-order valence-corrected chi connectivity index (χ4v) is 9.31. The van der Waals surface area contributed by atoms with E-state index in [2.05, 4.69) is 153 Å². The van der Waals surface area contributed by atoms with Gasteiger partial charge in [-0.25, -0.2) is 4.57 Å². The van der Waals surface area contributed by atoms with Gasteiger partial charge in [0.15, 0.2) is 0 Å². The highest BCUT2D eigenvalue weighted by atomic mass is 31.2. The maximum Gasteiger partial charge on any atom is 0.472 e. The van der Waals surface area contributed by atoms with E-state index in [-0.39, 0.29) is 19.1 Å². The van der Waals surface area contributed by atoms with Crippen molar-refractivity contribution >= 4 is 13.7 Å². The Morgan fingerprint density at radius 2 is 0.750 bits per heavy atom. The van der Waals surface area contributed by atoms with Crippen molar-refractivity contribution in [3.63, 3.8) is 0 Å². The molecule has 0 spiro atoms. The van der Waals surface area contributed by atoms with E-state index < -0.39 is 20.0 Å². The van der Waals surface area contributed by atoms with Crippen molar-refractivity contribution in [3.05, 3.63) is 146 Å². The van der Waals surface area contributed by atoms with Crippen LogP contribution in [0.3, 0.4) is 0 Å². The van der Waals surface area contributed by atoms with Gasteiger partial charge < -0.3 is 19.8 Å². The number of carbonyl (C=O) groups excluding carboxylic acids is 1. The van der Waals surface area contributed by atoms with Gasteiger partial charge in [-0.05, 0) is 103 Å². The Hall–Kier alpha value is -3.62. The highest BCUT2D eigenvalue weighted by molar-refractivity contribution is 7.47. The molecule has 0 heterocycles. The number of rotatable bonds is 57. The number of hydrogen-bond acceptors (Lipinski definition) is 5. The predicted octanol–water partition coefficient (Wildman–Crippen LogP) is 20.4. The van der Waals surface area contributed by atoms with Gasteiger partial charge in [0.1, 0.15) is 13.2 Å². The molecule has 0 aromatic rings. The van der Waals surface area contributed by atoms with Crippen LogP contribution in [0.4, 0.5) is 0 Å². The van der Waals surface area contributed by atoms with Crippen molar-refractivity contribution < 1.29 is 32.9 Å². The number of allylic oxidation sites excluding steroid dienone is 23. The molecule has 0 aliphatic heterocycles. The molecule has 3 unspecified atom stereocenters. The Morgan fingerprint density at radius 1 is 0.438 bits per heavy atom. The van der Waals surface area contributed by atoms with Gasteiger partial charge in [0.2, 0.25) is 5.91 Å². The number of carbonyl (C=O) groups is 1. The summed E-state index contributed by atoms with van der Waals surface area (Å²) in [6.07, 6.45) is 92.5. The van der Waals surface area contributed by atoms with E-state index in [1.54, 1.807) is 6.08 Å². The minimum atomic E-state index is -4.37. The zero-order valence-electron chi connectivity index (χ0n) is 52.0. The average Bonchev–Trinajstić information content (AvgIpc) is 3.42. The lowest BCUT2D eigenvalue weighted by atomic mass is 10.0. The summed E-state index contributed by atoms with van der Waals surface area (Å²) < 4.78 is 23.7. The van der Waals surface area contributed by atoms with E-state index in [9.17, 15) is 19.4 Å². The van der Waals surface area contributed by atoms with Crippen LogP contribution in [-0.4, -0.2) is 73.4 Å². The molecule has 456 valence electrons. The second kappa shape index (κ2) is 60.0. The number of hydrogen-bond donors (Lipinski definition) is 3. The molecule has 3 N–H and O–H groups in total. The van der Waals surface area contributed by atoms with Crippen LogP contribution in [0.2, 0.25) is 0 Å². The van der Waals surface area contributed by atoms with E-state index in [0.717, 1.165) is 128 Å². The van der Waals surface area contributed by atoms with E-state index >= 15 is 0 Å². The predicted molar refractivity (Wildman–Crippen MR) is 350 cm³/mol. The van der Waals surface area contributed by atoms with Crippen LogP contribution < -0.4 is 5.32 Å². The lowest BCUT2D eigenvalue weighted by Gasteiger charge is -2.25. The van der Waals surface area contributed by atoms with Crippen molar-refractivity contribution in [1.29, 1.82) is 0 Å². The minimum absolute atomic E-state index is 0.0502. The molecule has 0 fully saturated rings. The third-order valence-corrected chi connectivity index (χ3v) is 14.5. The van der Waals surface area contributed by atoms with Crippen molar-refractivity contribution in [1.82, 2.24) is 5.32 Å². The number of nitrogens with zero attached hydrogens (tertiary/aromatic N) is 1. The van der Waals surface area contributed by atoms with E-state index in [1.807, 2.05) is 27.2 Å². The van der Waals surface area contributed by atoms with Crippen molar-refractivity contribution in [2.45, 2.75) is 257 Å². The van der Waals surface area contributed by atoms with Gasteiger partial charge in [0.25, 0.3) is 0 Å². The second-order valence-corrected chi connectivity index (χ2v) is 23.9. The Bertz CT molecular complexity index is 1810. The summed E-state index contributed by atoms with van der Waals surface area (Å²) in [4.78, 5) is 23.3. The summed E-state index contributed by atoms with van der Waals surface area (Å²) in [5.41, 5.74) is 0. The van der Waals surface area contributed by atoms with Crippen LogP contribution in [0.5, 0.6) is 0 Å². The van der Waals surface area contributed by atoms with Gasteiger partial charge in [-0.15, -0.1) is 0 Å². The zero-order valence-corrected chi connectivity index (χ0v) is 52.9. The number of phosphoric acid groups is 1. The zero-order chi connectivity index (χ0) is 58.4. The normalized spacial score (nSPS) is 14.7. The molecule has 3 atom stereocenters. The maximum absolute atomic E-state index is 13.0. The number of phosphoric ester groups is 1. The molecule has 0 aliphatic rings. The highest BCUT2D eigenvalue weighted by Gasteiger charge is 2.27. The fraction of sp³-hybridized carbons (Fsp3) is 0.648. The van der Waals surface area contributed by atoms with E-state index in [1.165, 1.54) is 96.3 Å². The van der Waals surface area contributed by atoms with Crippen LogP contribution in [0, 0.1) is 0 Å². The van der Waals surface area contributed by atoms with E-state index in [4.69, 9.17) is 9.05 Å². The molecule has 9 heteroatoms. The SMILES string of the molecule is CC/C=C\C/C=C\C/C=C\C/C=C\C/C=C\C/C=C\C/C=C\C/C=C\C/C=C\C/C=C\C/C=C\CCCCCCCC(=O)NC(COP(=O)(O)OCC[N+](C)(C)C)C(O)/C=C/CCCCCCCCCCCCCCCCCCC. The molecule has 0 saturated heterocycles. The molecule has 0 saturated carbocycles. The molecule has 0 aromatic carbocycles. The Morgan fingerprint density at radius 3 is 1.10 bits per heavy atom. The number of aliphatic hydroxyl groups is 1. The molecular formula is C71H122N2O6P+. The number of nitrogens with one attached hydrogen (secondary N) is 1. The van der Waals surface area contributed by atoms with Gasteiger partial charge in [0.05, 0.1) is 39.9 Å². The first-order chi connectivity index (χ1) is 39.0. The molecule has 0 rings (SSSR count). The topological polar surface area (TPSA) is 105 Å². The minimum Gasteiger partial charge on any atom is -0.387 e. The summed E-state index contributed by atoms with van der Waals surface area (Å²) >= 11 is 0. The van der Waals surface area contributed by atoms with Crippen molar-refractivity contribution in [2.75, 3.05) is 40.9 Å². The molecule has 8 nitrogen and oxygen atoms in total. The first-order valence-corrected chi connectivity index (χ1v) is 33.7. The van der Waals surface area contributed by atoms with Gasteiger partial charge in [-0.1, -0.05) is 282 Å². The molecule has 1 amide bonds. The maximum atomic E-state index is 13.0. The first-order valence-electron chi connectivity index (χ1n) is 32.2. The lowest BCUT2D eigenvalue weighted by Crippen LogP contribution is -2.45. The van der Waals surface area contributed by atoms with Gasteiger partial charge in [0, 0.05) is 6.42 Å². The number of aliphatic hydroxyl groups excluding tert-OH is 1. The molecule has 80 heavy (non-hydrogen) atoms. The molecule has 0 bridgehead atoms. The first kappa shape index (κ1) is 76.4. The van der Waals surface area contributed by atoms with Gasteiger partial charge in [-0.3, -0.25) is 13.8 Å². The standard InChI is InChI=1S/C71H121N2O6P/c1-6-8-10-12-14-16-18-20-22-24-26-27-28-29-30-31-32-33-34-35-36-37-38-39-40-41-42-43-44-45-47-49-51-53-55-57-59-61-63-65-71(75)72-69(68-79-80(76,77)78-67-66-73(3,4)5)70(74)64-62-60-58-56-54-52-50-48-46-25-23-21-19-17-15-13-11-9-7-2/h8,10,14,16,20,22,26-27,29-30,32-33,35-36,38-39,41-42,44-45,49,51,62,64,69-70,74H,6-7,9,11-13,15,17-19,21,23-25,28,31,34,37,40,43,46-48,50,52-61,63,65-68H2,1-5H3,(H-,72,75,76,77)/p+1/b10-8-,16-14-,22-20-,27-26-,30-29-,33-32-,36-35-,39-38-,42-41-,45-44-,51-49-,64-62+. The number of quaternary nitrogens is 1. The summed E-state index contributed by atoms with van der Waals surface area (Å²) in [5.74, 6) is -0.200. The highest BCUT2D eigenvalue weighted by Crippen LogP contribution is 2.43. The number of likely N-dealkylation sites (N-methyl/N-ethyl adjacent to an activating group) is 1. The monoisotopic (exact) mass is 1130 g/mol. The third-order valence-electron chi connectivity index (χ3n) is 13.6. The molecular weight excluding hydrogens is 1010 g/mol. The smallest absolute Gasteiger partial charge is 0.387 e. The summed E-state index contributed by atoms with van der Waals surface area (Å²) in [7, 11) is 1.54. The molecule has 0 aromatic heterocycles. The van der Waals surface area contributed by atoms with Crippen molar-refractivity contribution in [3.8, 4) is 0 Å². The third kappa shape index (κ3) is 62.0. The van der Waals surface area contributed by atoms with Crippen molar-refractivity contribution in [2.24, 2.45) is 0 Å². The lowest BCUT2D eigenvalue weighted by molar-refractivity contribution is -0.870. The average molecular weight is 1130 g/mol. The molecule has 0 aliphatic carbocycles. The fourth-order valence-electron chi connectivity index (χ4n) is 8.58. The number of amides is 1. The van der Waals surface area contributed by atoms with Crippen LogP contribution in [0.1, 0.15) is 245 Å². The largest absolute Gasteiger partial charge is 0.472 e. The Balaban J connectivity index is 4.22. The summed E-state index contributed by atoms with van der Waals surface area (Å²) in [6, 6.07) is -0.869. The van der Waals surface area contributed by atoms with Crippen LogP contribution in [-0.2, 0) is 18.4 Å². The number of unbranched alkanes of at least 4 members (excludes halogenated alkanes) is 22. The van der Waals surface area contributed by atoms with E-state index in [0.29, 0.717) is 17.4 Å². The van der Waals surface area contributed by atoms with Gasteiger partial charge >= 0.3 is 7.82 Å². The quantitative estimate of drug-likeness (QED) is 0.0243. The second-order valence-electron chi connectivity index (χ2n) is 22.4. The Kier molecular flexibility index (Phi) is 57.3.